The van der Waals surface area contributed by atoms with Gasteiger partial charge in [0.1, 0.15) is 29.4 Å². The summed E-state index contributed by atoms with van der Waals surface area (Å²) in [5.41, 5.74) is 1.81. The van der Waals surface area contributed by atoms with Crippen LogP contribution in [0.25, 0.3) is 5.57 Å². The third kappa shape index (κ3) is 4.00. The molecule has 1 aliphatic heterocycles. The second-order valence-corrected chi connectivity index (χ2v) is 6.81. The lowest BCUT2D eigenvalue weighted by Crippen LogP contribution is -2.34. The van der Waals surface area contributed by atoms with Crippen molar-refractivity contribution in [2.45, 2.75) is 12.2 Å². The number of fused-ring (bicyclic) bond motifs is 1. The Balaban J connectivity index is 1.70. The van der Waals surface area contributed by atoms with Crippen molar-refractivity contribution in [1.29, 1.82) is 0 Å². The number of ether oxygens (including phenoxy) is 2. The fourth-order valence-electron chi connectivity index (χ4n) is 3.44. The summed E-state index contributed by atoms with van der Waals surface area (Å²) >= 11 is 0. The molecule has 0 fully saturated rings. The van der Waals surface area contributed by atoms with Crippen LogP contribution in [0.5, 0.6) is 5.75 Å². The van der Waals surface area contributed by atoms with Gasteiger partial charge in [0, 0.05) is 22.8 Å². The number of hydrogen-bond donors (Lipinski definition) is 1. The number of carbonyl (C=O) groups excluding carboxylic acids is 2. The van der Waals surface area contributed by atoms with Crippen molar-refractivity contribution in [2.24, 2.45) is 0 Å². The summed E-state index contributed by atoms with van der Waals surface area (Å²) in [6.45, 7) is 0.196. The summed E-state index contributed by atoms with van der Waals surface area (Å²) in [4.78, 5) is 21.5. The quantitative estimate of drug-likeness (QED) is 0.710. The minimum Gasteiger partial charge on any atom is -0.484 e. The third-order valence-electron chi connectivity index (χ3n) is 4.77. The maximum atomic E-state index is 14.6. The molecular formula is C23H17F2NO4. The second kappa shape index (κ2) is 8.32. The summed E-state index contributed by atoms with van der Waals surface area (Å²) in [6.07, 6.45) is 5.16. The molecule has 2 unspecified atom stereocenters. The van der Waals surface area contributed by atoms with E-state index in [4.69, 9.17) is 9.47 Å². The number of carbonyl (C=O) groups is 2. The summed E-state index contributed by atoms with van der Waals surface area (Å²) in [5.74, 6) is -0.161. The molecule has 1 amide bonds. The van der Waals surface area contributed by atoms with Crippen molar-refractivity contribution in [3.8, 4) is 5.75 Å². The summed E-state index contributed by atoms with van der Waals surface area (Å²) in [6, 6.07) is 9.92. The SMILES string of the molecule is O=CNCC1=CC2=CC(c3ccc(C=O)cc3F)=CC(Oc3cccc(F)c3)C2O1. The summed E-state index contributed by atoms with van der Waals surface area (Å²) in [5, 5.41) is 2.54. The minimum atomic E-state index is -0.670. The zero-order valence-corrected chi connectivity index (χ0v) is 15.7. The Morgan fingerprint density at radius 1 is 1.10 bits per heavy atom. The molecule has 2 aromatic rings. The van der Waals surface area contributed by atoms with Crippen LogP contribution < -0.4 is 10.1 Å². The molecular weight excluding hydrogens is 392 g/mol. The Morgan fingerprint density at radius 2 is 1.97 bits per heavy atom. The zero-order valence-electron chi connectivity index (χ0n) is 15.7. The van der Waals surface area contributed by atoms with Gasteiger partial charge in [-0.25, -0.2) is 8.78 Å². The molecule has 0 saturated carbocycles. The van der Waals surface area contributed by atoms with Gasteiger partial charge < -0.3 is 14.8 Å². The first kappa shape index (κ1) is 19.6. The number of amides is 1. The van der Waals surface area contributed by atoms with E-state index in [1.54, 1.807) is 24.3 Å². The van der Waals surface area contributed by atoms with E-state index in [-0.39, 0.29) is 12.1 Å². The molecule has 2 atom stereocenters. The molecule has 0 aromatic heterocycles. The first-order valence-electron chi connectivity index (χ1n) is 9.22. The fraction of sp³-hybridized carbons (Fsp3) is 0.130. The number of halogens is 2. The monoisotopic (exact) mass is 409 g/mol. The van der Waals surface area contributed by atoms with Crippen LogP contribution in [0.3, 0.4) is 0 Å². The van der Waals surface area contributed by atoms with Crippen LogP contribution in [-0.4, -0.2) is 31.4 Å². The van der Waals surface area contributed by atoms with Crippen molar-refractivity contribution < 1.29 is 27.8 Å². The lowest BCUT2D eigenvalue weighted by molar-refractivity contribution is -0.109. The van der Waals surface area contributed by atoms with Gasteiger partial charge in [0.15, 0.2) is 12.2 Å². The van der Waals surface area contributed by atoms with Crippen molar-refractivity contribution >= 4 is 18.3 Å². The van der Waals surface area contributed by atoms with E-state index >= 15 is 0 Å². The molecule has 4 rings (SSSR count). The number of allylic oxidation sites excluding steroid dienone is 2. The van der Waals surface area contributed by atoms with Crippen molar-refractivity contribution in [2.75, 3.05) is 6.54 Å². The zero-order chi connectivity index (χ0) is 21.1. The van der Waals surface area contributed by atoms with Gasteiger partial charge in [0.2, 0.25) is 6.41 Å². The Labute approximate surface area is 171 Å². The molecule has 5 nitrogen and oxygen atoms in total. The van der Waals surface area contributed by atoms with Crippen LogP contribution in [0.1, 0.15) is 15.9 Å². The molecule has 2 aromatic carbocycles. The van der Waals surface area contributed by atoms with Crippen LogP contribution in [0, 0.1) is 11.6 Å². The number of benzene rings is 2. The molecule has 30 heavy (non-hydrogen) atoms. The minimum absolute atomic E-state index is 0.196. The van der Waals surface area contributed by atoms with Gasteiger partial charge in [0.05, 0.1) is 6.54 Å². The molecule has 0 radical (unpaired) electrons. The van der Waals surface area contributed by atoms with E-state index in [1.165, 1.54) is 30.3 Å². The third-order valence-corrected chi connectivity index (χ3v) is 4.77. The Hall–Kier alpha value is -3.74. The van der Waals surface area contributed by atoms with Gasteiger partial charge in [-0.1, -0.05) is 18.2 Å². The van der Waals surface area contributed by atoms with Crippen LogP contribution in [0.4, 0.5) is 8.78 Å². The maximum Gasteiger partial charge on any atom is 0.207 e. The van der Waals surface area contributed by atoms with Crippen molar-refractivity contribution in [1.82, 2.24) is 5.32 Å². The Morgan fingerprint density at radius 3 is 2.70 bits per heavy atom. The van der Waals surface area contributed by atoms with Gasteiger partial charge in [-0.05, 0) is 42.0 Å². The lowest BCUT2D eigenvalue weighted by Gasteiger charge is -2.28. The standard InChI is InChI=1S/C23H17F2NO4/c24-17-2-1-3-18(10-17)29-22-9-15(20-5-4-14(12-27)6-21(20)25)7-16-8-19(11-26-13-28)30-23(16)22/h1-10,12-13,22-23H,11H2,(H,26,28). The van der Waals surface area contributed by atoms with Crippen LogP contribution >= 0.6 is 0 Å². The number of hydrogen-bond acceptors (Lipinski definition) is 4. The molecule has 152 valence electrons. The predicted molar refractivity (Wildman–Crippen MR) is 106 cm³/mol. The fourth-order valence-corrected chi connectivity index (χ4v) is 3.44. The van der Waals surface area contributed by atoms with Crippen molar-refractivity contribution in [3.05, 3.63) is 94.8 Å². The molecule has 2 aliphatic rings. The number of nitrogens with one attached hydrogen (secondary N) is 1. The van der Waals surface area contributed by atoms with E-state index in [0.29, 0.717) is 35.3 Å². The molecule has 0 bridgehead atoms. The van der Waals surface area contributed by atoms with Crippen molar-refractivity contribution in [3.63, 3.8) is 0 Å². The topological polar surface area (TPSA) is 64.6 Å². The highest BCUT2D eigenvalue weighted by Gasteiger charge is 2.35. The molecule has 1 N–H and O–H groups in total. The molecule has 1 heterocycles. The van der Waals surface area contributed by atoms with Gasteiger partial charge in [0.25, 0.3) is 0 Å². The van der Waals surface area contributed by atoms with Gasteiger partial charge in [-0.2, -0.15) is 0 Å². The molecule has 1 aliphatic carbocycles. The van der Waals surface area contributed by atoms with Crippen LogP contribution in [0.15, 0.2) is 72.0 Å². The predicted octanol–water partition coefficient (Wildman–Crippen LogP) is 3.58. The first-order chi connectivity index (χ1) is 14.6. The highest BCUT2D eigenvalue weighted by atomic mass is 19.1. The highest BCUT2D eigenvalue weighted by Crippen LogP contribution is 2.36. The van der Waals surface area contributed by atoms with E-state index in [0.717, 1.165) is 11.6 Å². The average molecular weight is 409 g/mol. The molecule has 0 spiro atoms. The largest absolute Gasteiger partial charge is 0.484 e. The van der Waals surface area contributed by atoms with Gasteiger partial charge in [-0.3, -0.25) is 9.59 Å². The normalized spacial score (nSPS) is 19.6. The van der Waals surface area contributed by atoms with E-state index in [2.05, 4.69) is 5.32 Å². The Bertz CT molecular complexity index is 1090. The van der Waals surface area contributed by atoms with E-state index in [9.17, 15) is 18.4 Å². The maximum absolute atomic E-state index is 14.6. The smallest absolute Gasteiger partial charge is 0.207 e. The highest BCUT2D eigenvalue weighted by molar-refractivity contribution is 5.81. The van der Waals surface area contributed by atoms with Gasteiger partial charge >= 0.3 is 0 Å². The lowest BCUT2D eigenvalue weighted by atomic mass is 9.90. The Kier molecular flexibility index (Phi) is 5.43. The van der Waals surface area contributed by atoms with E-state index in [1.807, 2.05) is 0 Å². The van der Waals surface area contributed by atoms with Gasteiger partial charge in [-0.15, -0.1) is 0 Å². The first-order valence-corrected chi connectivity index (χ1v) is 9.22. The molecule has 0 saturated heterocycles. The average Bonchev–Trinajstić information content (AvgIpc) is 3.15. The van der Waals surface area contributed by atoms with Crippen LogP contribution in [-0.2, 0) is 9.53 Å². The second-order valence-electron chi connectivity index (χ2n) is 6.81. The molecule has 7 heteroatoms. The summed E-state index contributed by atoms with van der Waals surface area (Å²) in [7, 11) is 0. The van der Waals surface area contributed by atoms with Crippen LogP contribution in [0.2, 0.25) is 0 Å². The number of rotatable bonds is 7. The van der Waals surface area contributed by atoms with E-state index < -0.39 is 23.8 Å². The summed E-state index contributed by atoms with van der Waals surface area (Å²) < 4.78 is 40.0. The number of aldehydes is 1.